The number of halogens is 1. The summed E-state index contributed by atoms with van der Waals surface area (Å²) in [5.41, 5.74) is 3.74. The normalized spacial score (nSPS) is 10.9. The molecule has 4 rings (SSSR count). The number of amides is 1. The molecule has 2 aromatic heterocycles. The molecular weight excluding hydrogens is 434 g/mol. The van der Waals surface area contributed by atoms with Gasteiger partial charge in [0.2, 0.25) is 5.91 Å². The number of ether oxygens (including phenoxy) is 1. The van der Waals surface area contributed by atoms with Gasteiger partial charge in [0, 0.05) is 29.3 Å². The fourth-order valence-electron chi connectivity index (χ4n) is 3.27. The number of anilines is 1. The highest BCUT2D eigenvalue weighted by Gasteiger charge is 2.13. The lowest BCUT2D eigenvalue weighted by molar-refractivity contribution is -0.115. The second-order valence-corrected chi connectivity index (χ2v) is 8.31. The number of aryl methyl sites for hydroxylation is 1. The van der Waals surface area contributed by atoms with E-state index >= 15 is 0 Å². The fraction of sp³-hybridized carbons (Fsp3) is 0.182. The van der Waals surface area contributed by atoms with Crippen molar-refractivity contribution in [3.05, 3.63) is 58.6 Å². The average molecular weight is 452 g/mol. The Kier molecular flexibility index (Phi) is 5.98. The maximum Gasteiger partial charge on any atom is 0.225 e. The molecule has 0 unspecified atom stereocenters. The van der Waals surface area contributed by atoms with Crippen molar-refractivity contribution >= 4 is 51.5 Å². The number of aromatic nitrogens is 3. The molecule has 4 aromatic rings. The molecule has 2 heterocycles. The lowest BCUT2D eigenvalue weighted by atomic mass is 10.1. The van der Waals surface area contributed by atoms with Crippen LogP contribution < -0.4 is 10.1 Å². The third kappa shape index (κ3) is 4.29. The predicted molar refractivity (Wildman–Crippen MR) is 122 cm³/mol. The number of pyridine rings is 1. The molecule has 0 fully saturated rings. The number of nitriles is 1. The molecule has 7 nitrogen and oxygen atoms in total. The SMILES string of the molecule is COc1ccc2c(C)cc3nnc(SCCC(=O)Nc4ccc(C#N)c(Cl)c4)n3c2c1. The zero-order chi connectivity index (χ0) is 22.0. The molecule has 0 saturated heterocycles. The van der Waals surface area contributed by atoms with Crippen molar-refractivity contribution in [2.45, 2.75) is 18.5 Å². The Morgan fingerprint density at radius 1 is 1.26 bits per heavy atom. The molecule has 1 amide bonds. The number of hydrogen-bond acceptors (Lipinski definition) is 6. The number of nitrogens with one attached hydrogen (secondary N) is 1. The number of methoxy groups -OCH3 is 1. The number of rotatable bonds is 6. The van der Waals surface area contributed by atoms with Gasteiger partial charge in [-0.1, -0.05) is 23.4 Å². The predicted octanol–water partition coefficient (Wildman–Crippen LogP) is 4.85. The number of hydrogen-bond donors (Lipinski definition) is 1. The van der Waals surface area contributed by atoms with E-state index in [0.717, 1.165) is 27.9 Å². The zero-order valence-electron chi connectivity index (χ0n) is 16.8. The van der Waals surface area contributed by atoms with Crippen molar-refractivity contribution < 1.29 is 9.53 Å². The van der Waals surface area contributed by atoms with Crippen LogP contribution in [0.2, 0.25) is 5.02 Å². The van der Waals surface area contributed by atoms with Crippen LogP contribution in [-0.2, 0) is 4.79 Å². The van der Waals surface area contributed by atoms with Crippen molar-refractivity contribution in [1.82, 2.24) is 14.6 Å². The van der Waals surface area contributed by atoms with Crippen LogP contribution in [0.3, 0.4) is 0 Å². The lowest BCUT2D eigenvalue weighted by Crippen LogP contribution is -2.12. The summed E-state index contributed by atoms with van der Waals surface area (Å²) in [6.45, 7) is 2.04. The number of carbonyl (C=O) groups is 1. The molecule has 9 heteroatoms. The molecule has 0 saturated carbocycles. The third-order valence-corrected chi connectivity index (χ3v) is 6.05. The molecule has 156 valence electrons. The van der Waals surface area contributed by atoms with E-state index < -0.39 is 0 Å². The van der Waals surface area contributed by atoms with Gasteiger partial charge in [-0.05, 0) is 48.9 Å². The van der Waals surface area contributed by atoms with Gasteiger partial charge in [-0.3, -0.25) is 9.20 Å². The fourth-order valence-corrected chi connectivity index (χ4v) is 4.38. The van der Waals surface area contributed by atoms with E-state index in [1.54, 1.807) is 25.3 Å². The van der Waals surface area contributed by atoms with Crippen LogP contribution in [0.15, 0.2) is 47.6 Å². The highest BCUT2D eigenvalue weighted by Crippen LogP contribution is 2.29. The van der Waals surface area contributed by atoms with Gasteiger partial charge < -0.3 is 10.1 Å². The smallest absolute Gasteiger partial charge is 0.225 e. The van der Waals surface area contributed by atoms with Gasteiger partial charge in [0.1, 0.15) is 11.8 Å². The maximum absolute atomic E-state index is 12.3. The quantitative estimate of drug-likeness (QED) is 0.421. The van der Waals surface area contributed by atoms with Crippen LogP contribution >= 0.6 is 23.4 Å². The number of thioether (sulfide) groups is 1. The number of carbonyl (C=O) groups excluding carboxylic acids is 1. The number of fused-ring (bicyclic) bond motifs is 3. The summed E-state index contributed by atoms with van der Waals surface area (Å²) in [4.78, 5) is 12.3. The summed E-state index contributed by atoms with van der Waals surface area (Å²) in [7, 11) is 1.63. The molecule has 31 heavy (non-hydrogen) atoms. The van der Waals surface area contributed by atoms with Gasteiger partial charge in [-0.15, -0.1) is 10.2 Å². The first kappa shape index (κ1) is 21.0. The van der Waals surface area contributed by atoms with Crippen LogP contribution in [0.5, 0.6) is 5.75 Å². The average Bonchev–Trinajstić information content (AvgIpc) is 3.16. The van der Waals surface area contributed by atoms with Crippen molar-refractivity contribution in [2.75, 3.05) is 18.2 Å². The van der Waals surface area contributed by atoms with E-state index in [2.05, 4.69) is 15.5 Å². The van der Waals surface area contributed by atoms with Crippen LogP contribution in [0.25, 0.3) is 16.6 Å². The molecule has 2 aromatic carbocycles. The molecule has 0 spiro atoms. The summed E-state index contributed by atoms with van der Waals surface area (Å²) in [5.74, 6) is 1.13. The Hall–Kier alpha value is -3.28. The van der Waals surface area contributed by atoms with Crippen molar-refractivity contribution in [1.29, 1.82) is 5.26 Å². The topological polar surface area (TPSA) is 92.3 Å². The Morgan fingerprint density at radius 2 is 2.10 bits per heavy atom. The minimum atomic E-state index is -0.149. The molecule has 0 radical (unpaired) electrons. The lowest BCUT2D eigenvalue weighted by Gasteiger charge is -2.09. The van der Waals surface area contributed by atoms with Gasteiger partial charge in [0.15, 0.2) is 10.8 Å². The monoisotopic (exact) mass is 451 g/mol. The third-order valence-electron chi connectivity index (χ3n) is 4.81. The molecule has 0 atom stereocenters. The van der Waals surface area contributed by atoms with Gasteiger partial charge in [0.05, 0.1) is 23.2 Å². The maximum atomic E-state index is 12.3. The minimum Gasteiger partial charge on any atom is -0.497 e. The molecule has 0 aliphatic carbocycles. The molecule has 1 N–H and O–H groups in total. The summed E-state index contributed by atoms with van der Waals surface area (Å²) < 4.78 is 7.36. The highest BCUT2D eigenvalue weighted by molar-refractivity contribution is 7.99. The first-order chi connectivity index (χ1) is 15.0. The van der Waals surface area contributed by atoms with Crippen molar-refractivity contribution in [3.63, 3.8) is 0 Å². The highest BCUT2D eigenvalue weighted by atomic mass is 35.5. The van der Waals surface area contributed by atoms with Crippen molar-refractivity contribution in [3.8, 4) is 11.8 Å². The second-order valence-electron chi connectivity index (χ2n) is 6.84. The molecule has 0 bridgehead atoms. The zero-order valence-corrected chi connectivity index (χ0v) is 18.4. The van der Waals surface area contributed by atoms with Gasteiger partial charge in [0.25, 0.3) is 0 Å². The van der Waals surface area contributed by atoms with Crippen LogP contribution in [-0.4, -0.2) is 33.4 Å². The minimum absolute atomic E-state index is 0.149. The van der Waals surface area contributed by atoms with E-state index in [-0.39, 0.29) is 12.3 Å². The van der Waals surface area contributed by atoms with E-state index in [1.165, 1.54) is 11.8 Å². The van der Waals surface area contributed by atoms with Crippen LogP contribution in [0.4, 0.5) is 5.69 Å². The second kappa shape index (κ2) is 8.84. The Morgan fingerprint density at radius 3 is 2.84 bits per heavy atom. The summed E-state index contributed by atoms with van der Waals surface area (Å²) in [6.07, 6.45) is 0.282. The number of nitrogens with zero attached hydrogens (tertiary/aromatic N) is 4. The summed E-state index contributed by atoms with van der Waals surface area (Å²) in [5, 5.41) is 22.4. The van der Waals surface area contributed by atoms with E-state index in [4.69, 9.17) is 21.6 Å². The standard InChI is InChI=1S/C22H18ClN5O2S/c1-13-9-20-26-27-22(28(20)19-11-16(30-2)5-6-17(13)19)31-8-7-21(29)25-15-4-3-14(12-24)18(23)10-15/h3-6,9-11H,7-8H2,1-2H3,(H,25,29). The van der Waals surface area contributed by atoms with E-state index in [1.807, 2.05) is 41.7 Å². The first-order valence-electron chi connectivity index (χ1n) is 9.45. The van der Waals surface area contributed by atoms with E-state index in [0.29, 0.717) is 27.2 Å². The summed E-state index contributed by atoms with van der Waals surface area (Å²) in [6, 6.07) is 14.7. The first-order valence-corrected chi connectivity index (χ1v) is 10.8. The van der Waals surface area contributed by atoms with Crippen molar-refractivity contribution in [2.24, 2.45) is 0 Å². The van der Waals surface area contributed by atoms with Gasteiger partial charge in [-0.2, -0.15) is 5.26 Å². The Balaban J connectivity index is 1.49. The van der Waals surface area contributed by atoms with Crippen LogP contribution in [0, 0.1) is 18.3 Å². The Bertz CT molecular complexity index is 1350. The molecule has 0 aliphatic rings. The van der Waals surface area contributed by atoms with Gasteiger partial charge >= 0.3 is 0 Å². The molecular formula is C22H18ClN5O2S. The summed E-state index contributed by atoms with van der Waals surface area (Å²) >= 11 is 7.47. The Labute approximate surface area is 188 Å². The largest absolute Gasteiger partial charge is 0.497 e. The van der Waals surface area contributed by atoms with E-state index in [9.17, 15) is 4.79 Å². The van der Waals surface area contributed by atoms with Gasteiger partial charge in [-0.25, -0.2) is 0 Å². The number of benzene rings is 2. The van der Waals surface area contributed by atoms with Crippen LogP contribution in [0.1, 0.15) is 17.5 Å². The molecule has 0 aliphatic heterocycles.